The molecule has 0 aromatic heterocycles. The molecule has 2 aliphatic carbocycles. The van der Waals surface area contributed by atoms with Gasteiger partial charge in [-0.1, -0.05) is 39.5 Å². The van der Waals surface area contributed by atoms with Crippen molar-refractivity contribution in [3.8, 4) is 0 Å². The van der Waals surface area contributed by atoms with Crippen molar-refractivity contribution in [2.45, 2.75) is 83.7 Å². The Labute approximate surface area is 123 Å². The molecule has 3 heteroatoms. The van der Waals surface area contributed by atoms with Gasteiger partial charge in [0.1, 0.15) is 0 Å². The summed E-state index contributed by atoms with van der Waals surface area (Å²) in [4.78, 5) is 12.2. The number of rotatable bonds is 3. The maximum Gasteiger partial charge on any atom is 0.223 e. The van der Waals surface area contributed by atoms with Crippen LogP contribution < -0.4 is 5.32 Å². The number of carbonyl (C=O) groups is 1. The first-order valence-corrected chi connectivity index (χ1v) is 8.40. The van der Waals surface area contributed by atoms with Crippen LogP contribution in [0.3, 0.4) is 0 Å². The third-order valence-electron chi connectivity index (χ3n) is 5.35. The molecule has 0 atom stereocenters. The Kier molecular flexibility index (Phi) is 5.11. The van der Waals surface area contributed by atoms with Gasteiger partial charge in [0, 0.05) is 12.5 Å². The lowest BCUT2D eigenvalue weighted by atomic mass is 9.71. The van der Waals surface area contributed by atoms with Gasteiger partial charge in [0.15, 0.2) is 0 Å². The van der Waals surface area contributed by atoms with E-state index in [-0.39, 0.29) is 11.8 Å². The van der Waals surface area contributed by atoms with E-state index >= 15 is 0 Å². The molecule has 0 bridgehead atoms. The van der Waals surface area contributed by atoms with E-state index in [1.165, 1.54) is 25.7 Å². The highest BCUT2D eigenvalue weighted by molar-refractivity contribution is 5.78. The van der Waals surface area contributed by atoms with Crippen LogP contribution in [-0.4, -0.2) is 23.2 Å². The van der Waals surface area contributed by atoms with Gasteiger partial charge < -0.3 is 10.4 Å². The first-order chi connectivity index (χ1) is 9.40. The maximum atomic E-state index is 12.2. The molecule has 116 valence electrons. The van der Waals surface area contributed by atoms with E-state index in [2.05, 4.69) is 19.2 Å². The maximum absolute atomic E-state index is 12.2. The average Bonchev–Trinajstić information content (AvgIpc) is 2.69. The minimum atomic E-state index is -0.671. The third-order valence-corrected chi connectivity index (χ3v) is 5.35. The van der Waals surface area contributed by atoms with Crippen molar-refractivity contribution in [3.05, 3.63) is 0 Å². The van der Waals surface area contributed by atoms with Crippen molar-refractivity contribution >= 4 is 5.91 Å². The number of amides is 1. The van der Waals surface area contributed by atoms with Crippen LogP contribution in [0.4, 0.5) is 0 Å². The Morgan fingerprint density at radius 3 is 2.15 bits per heavy atom. The van der Waals surface area contributed by atoms with Crippen molar-refractivity contribution in [1.29, 1.82) is 0 Å². The van der Waals surface area contributed by atoms with Crippen molar-refractivity contribution in [3.63, 3.8) is 0 Å². The molecule has 0 heterocycles. The third kappa shape index (κ3) is 4.47. The van der Waals surface area contributed by atoms with Gasteiger partial charge in [-0.15, -0.1) is 0 Å². The van der Waals surface area contributed by atoms with Gasteiger partial charge in [-0.25, -0.2) is 0 Å². The van der Waals surface area contributed by atoms with Gasteiger partial charge in [0.25, 0.3) is 0 Å². The van der Waals surface area contributed by atoms with Gasteiger partial charge in [-0.3, -0.25) is 4.79 Å². The fourth-order valence-corrected chi connectivity index (χ4v) is 3.51. The van der Waals surface area contributed by atoms with Crippen LogP contribution in [0.2, 0.25) is 0 Å². The minimum absolute atomic E-state index is 0.171. The number of carbonyl (C=O) groups excluding carboxylic acids is 1. The second-order valence-corrected chi connectivity index (χ2v) is 7.79. The number of hydrogen-bond donors (Lipinski definition) is 2. The van der Waals surface area contributed by atoms with Gasteiger partial charge in [-0.2, -0.15) is 0 Å². The second kappa shape index (κ2) is 6.46. The summed E-state index contributed by atoms with van der Waals surface area (Å²) in [5.74, 6) is 0.353. The molecule has 1 amide bonds. The zero-order valence-corrected chi connectivity index (χ0v) is 13.2. The van der Waals surface area contributed by atoms with E-state index in [1.807, 2.05) is 0 Å². The topological polar surface area (TPSA) is 49.3 Å². The zero-order valence-electron chi connectivity index (χ0n) is 13.2. The quantitative estimate of drug-likeness (QED) is 0.779. The zero-order chi connectivity index (χ0) is 14.6. The average molecular weight is 281 g/mol. The predicted octanol–water partition coefficient (Wildman–Crippen LogP) is 3.40. The summed E-state index contributed by atoms with van der Waals surface area (Å²) in [5.41, 5.74) is -0.326. The number of aliphatic hydroxyl groups is 1. The fraction of sp³-hybridized carbons (Fsp3) is 0.941. The summed E-state index contributed by atoms with van der Waals surface area (Å²) < 4.78 is 0. The van der Waals surface area contributed by atoms with Crippen molar-refractivity contribution < 1.29 is 9.90 Å². The van der Waals surface area contributed by atoms with E-state index in [4.69, 9.17) is 0 Å². The Morgan fingerprint density at radius 1 is 1.05 bits per heavy atom. The molecule has 0 aromatic carbocycles. The van der Waals surface area contributed by atoms with Gasteiger partial charge in [-0.05, 0) is 43.9 Å². The molecular formula is C17H31NO2. The lowest BCUT2D eigenvalue weighted by Gasteiger charge is -2.40. The SMILES string of the molecule is CC1(C)CCC(O)(CNC(=O)C2CCCCCC2)CC1. The van der Waals surface area contributed by atoms with Gasteiger partial charge in [0.05, 0.1) is 5.60 Å². The second-order valence-electron chi connectivity index (χ2n) is 7.79. The Hall–Kier alpha value is -0.570. The van der Waals surface area contributed by atoms with Crippen LogP contribution in [0.1, 0.15) is 78.1 Å². The van der Waals surface area contributed by atoms with Gasteiger partial charge >= 0.3 is 0 Å². The molecule has 2 rings (SSSR count). The van der Waals surface area contributed by atoms with E-state index < -0.39 is 5.60 Å². The summed E-state index contributed by atoms with van der Waals surface area (Å²) in [6.45, 7) is 4.96. The molecule has 2 fully saturated rings. The van der Waals surface area contributed by atoms with Crippen molar-refractivity contribution in [2.75, 3.05) is 6.54 Å². The van der Waals surface area contributed by atoms with E-state index in [1.54, 1.807) is 0 Å². The summed E-state index contributed by atoms with van der Waals surface area (Å²) in [5, 5.41) is 13.6. The highest BCUT2D eigenvalue weighted by Gasteiger charge is 2.37. The summed E-state index contributed by atoms with van der Waals surface area (Å²) in [6, 6.07) is 0. The first-order valence-electron chi connectivity index (χ1n) is 8.40. The van der Waals surface area contributed by atoms with Crippen molar-refractivity contribution in [1.82, 2.24) is 5.32 Å². The molecule has 0 aliphatic heterocycles. The van der Waals surface area contributed by atoms with Crippen LogP contribution >= 0.6 is 0 Å². The first kappa shape index (κ1) is 15.8. The summed E-state index contributed by atoms with van der Waals surface area (Å²) in [6.07, 6.45) is 10.6. The molecule has 2 N–H and O–H groups in total. The van der Waals surface area contributed by atoms with Crippen molar-refractivity contribution in [2.24, 2.45) is 11.3 Å². The van der Waals surface area contributed by atoms with Crippen LogP contribution in [0.15, 0.2) is 0 Å². The fourth-order valence-electron chi connectivity index (χ4n) is 3.51. The Bertz CT molecular complexity index is 320. The van der Waals surface area contributed by atoms with Crippen LogP contribution in [0, 0.1) is 11.3 Å². The van der Waals surface area contributed by atoms with Crippen LogP contribution in [0.5, 0.6) is 0 Å². The lowest BCUT2D eigenvalue weighted by molar-refractivity contribution is -0.127. The normalized spacial score (nSPS) is 26.8. The summed E-state index contributed by atoms with van der Waals surface area (Å²) in [7, 11) is 0. The number of nitrogens with one attached hydrogen (secondary N) is 1. The Morgan fingerprint density at radius 2 is 1.60 bits per heavy atom. The molecule has 0 saturated heterocycles. The van der Waals surface area contributed by atoms with Crippen LogP contribution in [0.25, 0.3) is 0 Å². The van der Waals surface area contributed by atoms with Gasteiger partial charge in [0.2, 0.25) is 5.91 Å². The molecule has 20 heavy (non-hydrogen) atoms. The molecule has 3 nitrogen and oxygen atoms in total. The largest absolute Gasteiger partial charge is 0.388 e. The minimum Gasteiger partial charge on any atom is -0.388 e. The molecule has 2 saturated carbocycles. The monoisotopic (exact) mass is 281 g/mol. The van der Waals surface area contributed by atoms with Crippen LogP contribution in [-0.2, 0) is 4.79 Å². The standard InChI is InChI=1S/C17H31NO2/c1-16(2)9-11-17(20,12-10-16)13-18-15(19)14-7-5-3-4-6-8-14/h14,20H,3-13H2,1-2H3,(H,18,19). The smallest absolute Gasteiger partial charge is 0.223 e. The molecule has 0 aromatic rings. The molecule has 0 spiro atoms. The van der Waals surface area contributed by atoms with E-state index in [0.717, 1.165) is 38.5 Å². The number of hydrogen-bond acceptors (Lipinski definition) is 2. The summed E-state index contributed by atoms with van der Waals surface area (Å²) >= 11 is 0. The Balaban J connectivity index is 1.77. The van der Waals surface area contributed by atoms with E-state index in [0.29, 0.717) is 12.0 Å². The highest BCUT2D eigenvalue weighted by atomic mass is 16.3. The van der Waals surface area contributed by atoms with E-state index in [9.17, 15) is 9.90 Å². The molecule has 2 aliphatic rings. The predicted molar refractivity (Wildman–Crippen MR) is 81.4 cm³/mol. The highest BCUT2D eigenvalue weighted by Crippen LogP contribution is 2.39. The molecular weight excluding hydrogens is 250 g/mol. The lowest BCUT2D eigenvalue weighted by Crippen LogP contribution is -2.47. The molecule has 0 radical (unpaired) electrons. The molecule has 0 unspecified atom stereocenters.